The summed E-state index contributed by atoms with van der Waals surface area (Å²) >= 11 is 0. The molecule has 3 rings (SSSR count). The average Bonchev–Trinajstić information content (AvgIpc) is 3.05. The minimum absolute atomic E-state index is 0.154. The van der Waals surface area contributed by atoms with Gasteiger partial charge in [0.25, 0.3) is 0 Å². The number of aliphatic imine (C=N–C) groups is 1. The van der Waals surface area contributed by atoms with E-state index >= 15 is 0 Å². The molecule has 2 aromatic carbocycles. The molecule has 2 aromatic rings. The van der Waals surface area contributed by atoms with Gasteiger partial charge in [0.1, 0.15) is 5.82 Å². The lowest BCUT2D eigenvalue weighted by Gasteiger charge is -2.12. The number of carbonyl (C=O) groups is 1. The van der Waals surface area contributed by atoms with Gasteiger partial charge < -0.3 is 14.2 Å². The van der Waals surface area contributed by atoms with Crippen LogP contribution < -0.4 is 9.47 Å². The van der Waals surface area contributed by atoms with Crippen LogP contribution in [0.2, 0.25) is 0 Å². The molecule has 0 saturated carbocycles. The van der Waals surface area contributed by atoms with Gasteiger partial charge in [0.2, 0.25) is 5.90 Å². The molecular weight excluding hydrogens is 361 g/mol. The third kappa shape index (κ3) is 4.76. The molecule has 0 aromatic heterocycles. The van der Waals surface area contributed by atoms with Gasteiger partial charge in [-0.15, -0.1) is 0 Å². The third-order valence-corrected chi connectivity index (χ3v) is 4.04. The number of ether oxygens (including phenoxy) is 3. The van der Waals surface area contributed by atoms with E-state index in [4.69, 9.17) is 14.2 Å². The van der Waals surface area contributed by atoms with Crippen LogP contribution in [0.15, 0.2) is 53.2 Å². The molecule has 0 saturated heterocycles. The van der Waals surface area contributed by atoms with Crippen LogP contribution in [-0.4, -0.2) is 25.1 Å². The first-order chi connectivity index (χ1) is 13.6. The van der Waals surface area contributed by atoms with Gasteiger partial charge in [0, 0.05) is 5.56 Å². The zero-order valence-electron chi connectivity index (χ0n) is 15.9. The highest BCUT2D eigenvalue weighted by atomic mass is 19.1. The highest BCUT2D eigenvalue weighted by molar-refractivity contribution is 6.12. The van der Waals surface area contributed by atoms with Gasteiger partial charge in [-0.25, -0.2) is 14.2 Å². The molecule has 1 heterocycles. The first-order valence-corrected chi connectivity index (χ1v) is 9.29. The van der Waals surface area contributed by atoms with E-state index in [1.807, 2.05) is 19.1 Å². The van der Waals surface area contributed by atoms with Gasteiger partial charge in [-0.3, -0.25) is 0 Å². The molecule has 6 heteroatoms. The number of esters is 1. The molecule has 0 atom stereocenters. The van der Waals surface area contributed by atoms with Crippen molar-refractivity contribution in [2.24, 2.45) is 4.99 Å². The maximum absolute atomic E-state index is 13.1. The SMILES string of the molecule is CCCCOc1ccc(/C=C2\N=C(c3ccc(F)cc3)OC2=O)cc1OCC. The molecular formula is C22H22FNO4. The molecule has 0 amide bonds. The van der Waals surface area contributed by atoms with Crippen LogP contribution in [0.3, 0.4) is 0 Å². The number of benzene rings is 2. The van der Waals surface area contributed by atoms with Crippen LogP contribution in [0.25, 0.3) is 6.08 Å². The molecule has 28 heavy (non-hydrogen) atoms. The fraction of sp³-hybridized carbons (Fsp3) is 0.273. The molecule has 0 aliphatic carbocycles. The summed E-state index contributed by atoms with van der Waals surface area (Å²) in [6, 6.07) is 11.1. The lowest BCUT2D eigenvalue weighted by Crippen LogP contribution is -2.05. The van der Waals surface area contributed by atoms with Crippen LogP contribution in [0.5, 0.6) is 11.5 Å². The van der Waals surface area contributed by atoms with Crippen LogP contribution in [0.1, 0.15) is 37.8 Å². The molecule has 1 aliphatic rings. The van der Waals surface area contributed by atoms with Gasteiger partial charge in [0.05, 0.1) is 13.2 Å². The molecule has 146 valence electrons. The zero-order chi connectivity index (χ0) is 19.9. The zero-order valence-corrected chi connectivity index (χ0v) is 15.9. The van der Waals surface area contributed by atoms with Crippen LogP contribution in [-0.2, 0) is 9.53 Å². The number of cyclic esters (lactones) is 1. The summed E-state index contributed by atoms with van der Waals surface area (Å²) in [6.07, 6.45) is 3.63. The minimum Gasteiger partial charge on any atom is -0.490 e. The number of halogens is 1. The second-order valence-corrected chi connectivity index (χ2v) is 6.18. The Balaban J connectivity index is 1.84. The minimum atomic E-state index is -0.555. The van der Waals surface area contributed by atoms with Gasteiger partial charge in [-0.2, -0.15) is 0 Å². The second kappa shape index (κ2) is 9.17. The van der Waals surface area contributed by atoms with Crippen molar-refractivity contribution in [3.8, 4) is 11.5 Å². The average molecular weight is 383 g/mol. The van der Waals surface area contributed by atoms with E-state index in [9.17, 15) is 9.18 Å². The summed E-state index contributed by atoms with van der Waals surface area (Å²) in [5, 5.41) is 0. The maximum atomic E-state index is 13.1. The summed E-state index contributed by atoms with van der Waals surface area (Å²) in [6.45, 7) is 5.12. The fourth-order valence-corrected chi connectivity index (χ4v) is 2.61. The number of carbonyl (C=O) groups excluding carboxylic acids is 1. The number of hydrogen-bond donors (Lipinski definition) is 0. The Labute approximate surface area is 163 Å². The van der Waals surface area contributed by atoms with Crippen LogP contribution in [0.4, 0.5) is 4.39 Å². The quantitative estimate of drug-likeness (QED) is 0.375. The van der Waals surface area contributed by atoms with Gasteiger partial charge in [-0.05, 0) is 61.4 Å². The van der Waals surface area contributed by atoms with E-state index < -0.39 is 5.97 Å². The van der Waals surface area contributed by atoms with E-state index in [2.05, 4.69) is 11.9 Å². The Morgan fingerprint density at radius 3 is 2.57 bits per heavy atom. The number of hydrogen-bond acceptors (Lipinski definition) is 5. The van der Waals surface area contributed by atoms with Gasteiger partial charge in [-0.1, -0.05) is 19.4 Å². The summed E-state index contributed by atoms with van der Waals surface area (Å²) in [5.74, 6) is 0.513. The topological polar surface area (TPSA) is 57.1 Å². The summed E-state index contributed by atoms with van der Waals surface area (Å²) in [5.41, 5.74) is 1.44. The van der Waals surface area contributed by atoms with Crippen molar-refractivity contribution in [2.45, 2.75) is 26.7 Å². The highest BCUT2D eigenvalue weighted by Crippen LogP contribution is 2.30. The molecule has 0 unspecified atom stereocenters. The fourth-order valence-electron chi connectivity index (χ4n) is 2.61. The van der Waals surface area contributed by atoms with Crippen molar-refractivity contribution in [2.75, 3.05) is 13.2 Å². The van der Waals surface area contributed by atoms with Crippen molar-refractivity contribution in [1.29, 1.82) is 0 Å². The second-order valence-electron chi connectivity index (χ2n) is 6.18. The Morgan fingerprint density at radius 2 is 1.86 bits per heavy atom. The van der Waals surface area contributed by atoms with Crippen molar-refractivity contribution >= 4 is 17.9 Å². The molecule has 0 N–H and O–H groups in total. The normalized spacial score (nSPS) is 14.8. The van der Waals surface area contributed by atoms with Gasteiger partial charge >= 0.3 is 5.97 Å². The third-order valence-electron chi connectivity index (χ3n) is 4.04. The Hall–Kier alpha value is -3.15. The van der Waals surface area contributed by atoms with Gasteiger partial charge in [0.15, 0.2) is 17.2 Å². The standard InChI is InChI=1S/C22H22FNO4/c1-3-5-12-27-19-11-6-15(14-20(19)26-4-2)13-18-22(25)28-21(24-18)16-7-9-17(23)10-8-16/h6-11,13-14H,3-5,12H2,1-2H3/b18-13-. The largest absolute Gasteiger partial charge is 0.490 e. The predicted octanol–water partition coefficient (Wildman–Crippen LogP) is 4.75. The van der Waals surface area contributed by atoms with Crippen molar-refractivity contribution in [1.82, 2.24) is 0 Å². The molecule has 0 fully saturated rings. The summed E-state index contributed by atoms with van der Waals surface area (Å²) < 4.78 is 29.7. The lowest BCUT2D eigenvalue weighted by molar-refractivity contribution is -0.129. The number of unbranched alkanes of at least 4 members (excludes halogenated alkanes) is 1. The molecule has 0 bridgehead atoms. The van der Waals surface area contributed by atoms with Crippen LogP contribution >= 0.6 is 0 Å². The molecule has 0 spiro atoms. The first-order valence-electron chi connectivity index (χ1n) is 9.29. The van der Waals surface area contributed by atoms with E-state index in [-0.39, 0.29) is 17.4 Å². The summed E-state index contributed by atoms with van der Waals surface area (Å²) in [4.78, 5) is 16.4. The number of rotatable bonds is 8. The Bertz CT molecular complexity index is 903. The Morgan fingerprint density at radius 1 is 1.07 bits per heavy atom. The Kier molecular flexibility index (Phi) is 6.42. The first kappa shape index (κ1) is 19.6. The van der Waals surface area contributed by atoms with Crippen LogP contribution in [0, 0.1) is 5.82 Å². The lowest BCUT2D eigenvalue weighted by atomic mass is 10.1. The number of nitrogens with zero attached hydrogens (tertiary/aromatic N) is 1. The van der Waals surface area contributed by atoms with E-state index in [1.54, 1.807) is 12.1 Å². The maximum Gasteiger partial charge on any atom is 0.363 e. The highest BCUT2D eigenvalue weighted by Gasteiger charge is 2.24. The monoisotopic (exact) mass is 383 g/mol. The van der Waals surface area contributed by atoms with E-state index in [0.717, 1.165) is 18.4 Å². The summed E-state index contributed by atoms with van der Waals surface area (Å²) in [7, 11) is 0. The predicted molar refractivity (Wildman–Crippen MR) is 105 cm³/mol. The van der Waals surface area contributed by atoms with Crippen molar-refractivity contribution in [3.05, 3.63) is 65.1 Å². The molecule has 5 nitrogen and oxygen atoms in total. The van der Waals surface area contributed by atoms with E-state index in [1.165, 1.54) is 24.3 Å². The van der Waals surface area contributed by atoms with E-state index in [0.29, 0.717) is 30.3 Å². The van der Waals surface area contributed by atoms with Crippen molar-refractivity contribution < 1.29 is 23.4 Å². The molecule has 0 radical (unpaired) electrons. The molecule has 1 aliphatic heterocycles. The smallest absolute Gasteiger partial charge is 0.363 e. The van der Waals surface area contributed by atoms with Crippen molar-refractivity contribution in [3.63, 3.8) is 0 Å².